The fourth-order valence-corrected chi connectivity index (χ4v) is 3.20. The SMILES string of the molecule is COC(=O)C(CC(C)C)NS(=O)(=O)c1ccc(Cl)c(C#N)c1. The zero-order chi connectivity index (χ0) is 16.9. The quantitative estimate of drug-likeness (QED) is 0.797. The fraction of sp³-hybridized carbons (Fsp3) is 0.429. The van der Waals surface area contributed by atoms with Crippen molar-refractivity contribution in [3.05, 3.63) is 28.8 Å². The predicted octanol–water partition coefficient (Wildman–Crippen LogP) is 2.08. The summed E-state index contributed by atoms with van der Waals surface area (Å²) in [7, 11) is -2.78. The van der Waals surface area contributed by atoms with Crippen LogP contribution in [-0.2, 0) is 19.6 Å². The van der Waals surface area contributed by atoms with Crippen LogP contribution in [0, 0.1) is 17.2 Å². The third-order valence-electron chi connectivity index (χ3n) is 2.86. The van der Waals surface area contributed by atoms with E-state index in [1.54, 1.807) is 0 Å². The molecule has 1 rings (SSSR count). The van der Waals surface area contributed by atoms with Crippen molar-refractivity contribution < 1.29 is 17.9 Å². The standard InChI is InChI=1S/C14H17ClN2O4S/c1-9(2)6-13(14(18)21-3)17-22(19,20)11-4-5-12(15)10(7-11)8-16/h4-5,7,9,13,17H,6H2,1-3H3. The maximum Gasteiger partial charge on any atom is 0.323 e. The molecule has 0 heterocycles. The molecule has 0 saturated carbocycles. The van der Waals surface area contributed by atoms with Crippen molar-refractivity contribution in [2.75, 3.05) is 7.11 Å². The third kappa shape index (κ3) is 4.70. The monoisotopic (exact) mass is 344 g/mol. The molecule has 0 saturated heterocycles. The molecule has 1 aromatic carbocycles. The number of nitrogens with one attached hydrogen (secondary N) is 1. The summed E-state index contributed by atoms with van der Waals surface area (Å²) in [5, 5.41) is 9.07. The van der Waals surface area contributed by atoms with Crippen LogP contribution >= 0.6 is 11.6 Å². The summed E-state index contributed by atoms with van der Waals surface area (Å²) in [4.78, 5) is 11.6. The highest BCUT2D eigenvalue weighted by atomic mass is 35.5. The fourth-order valence-electron chi connectivity index (χ4n) is 1.82. The lowest BCUT2D eigenvalue weighted by molar-refractivity contribution is -0.143. The smallest absolute Gasteiger partial charge is 0.323 e. The molecule has 1 N–H and O–H groups in total. The van der Waals surface area contributed by atoms with Crippen molar-refractivity contribution in [3.63, 3.8) is 0 Å². The Morgan fingerprint density at radius 3 is 2.59 bits per heavy atom. The van der Waals surface area contributed by atoms with E-state index in [1.807, 2.05) is 19.9 Å². The van der Waals surface area contributed by atoms with E-state index in [4.69, 9.17) is 16.9 Å². The lowest BCUT2D eigenvalue weighted by Gasteiger charge is -2.18. The molecule has 1 aromatic rings. The Morgan fingerprint density at radius 2 is 2.09 bits per heavy atom. The summed E-state index contributed by atoms with van der Waals surface area (Å²) in [6.45, 7) is 3.72. The first-order valence-corrected chi connectivity index (χ1v) is 8.37. The summed E-state index contributed by atoms with van der Waals surface area (Å²) < 4.78 is 31.6. The van der Waals surface area contributed by atoms with Crippen LogP contribution in [0.2, 0.25) is 5.02 Å². The number of nitriles is 1. The topological polar surface area (TPSA) is 96.3 Å². The van der Waals surface area contributed by atoms with Gasteiger partial charge in [-0.25, -0.2) is 8.42 Å². The van der Waals surface area contributed by atoms with E-state index in [2.05, 4.69) is 9.46 Å². The van der Waals surface area contributed by atoms with Gasteiger partial charge in [0.2, 0.25) is 10.0 Å². The number of halogens is 1. The van der Waals surface area contributed by atoms with Crippen molar-refractivity contribution in [3.8, 4) is 6.07 Å². The zero-order valence-corrected chi connectivity index (χ0v) is 14.0. The van der Waals surface area contributed by atoms with Crippen LogP contribution in [0.15, 0.2) is 23.1 Å². The van der Waals surface area contributed by atoms with E-state index in [1.165, 1.54) is 19.2 Å². The Labute approximate surface area is 135 Å². The van der Waals surface area contributed by atoms with Crippen LogP contribution in [0.4, 0.5) is 0 Å². The van der Waals surface area contributed by atoms with E-state index >= 15 is 0 Å². The molecule has 0 aliphatic rings. The summed E-state index contributed by atoms with van der Waals surface area (Å²) in [5.74, 6) is -0.571. The summed E-state index contributed by atoms with van der Waals surface area (Å²) in [6.07, 6.45) is 0.296. The molecule has 0 bridgehead atoms. The number of sulfonamides is 1. The van der Waals surface area contributed by atoms with Crippen LogP contribution in [0.3, 0.4) is 0 Å². The molecule has 0 aliphatic heterocycles. The Bertz CT molecular complexity index is 695. The Hall–Kier alpha value is -1.62. The minimum atomic E-state index is -3.97. The molecule has 120 valence electrons. The van der Waals surface area contributed by atoms with Crippen LogP contribution in [-0.4, -0.2) is 27.5 Å². The highest BCUT2D eigenvalue weighted by Gasteiger charge is 2.27. The molecule has 0 aliphatic carbocycles. The van der Waals surface area contributed by atoms with Gasteiger partial charge in [-0.2, -0.15) is 9.98 Å². The minimum Gasteiger partial charge on any atom is -0.468 e. The van der Waals surface area contributed by atoms with Gasteiger partial charge in [0.25, 0.3) is 0 Å². The molecule has 22 heavy (non-hydrogen) atoms. The number of nitrogens with zero attached hydrogens (tertiary/aromatic N) is 1. The zero-order valence-electron chi connectivity index (χ0n) is 12.5. The number of hydrogen-bond donors (Lipinski definition) is 1. The molecule has 8 heteroatoms. The molecule has 0 amide bonds. The molecular weight excluding hydrogens is 328 g/mol. The van der Waals surface area contributed by atoms with Gasteiger partial charge in [0.1, 0.15) is 12.1 Å². The highest BCUT2D eigenvalue weighted by Crippen LogP contribution is 2.20. The van der Waals surface area contributed by atoms with Gasteiger partial charge in [-0.15, -0.1) is 0 Å². The molecular formula is C14H17ClN2O4S. The third-order valence-corrected chi connectivity index (χ3v) is 4.66. The number of ether oxygens (including phenoxy) is 1. The number of hydrogen-bond acceptors (Lipinski definition) is 5. The molecule has 1 unspecified atom stereocenters. The van der Waals surface area contributed by atoms with Crippen molar-refractivity contribution in [1.82, 2.24) is 4.72 Å². The first-order chi connectivity index (χ1) is 10.2. The second-order valence-electron chi connectivity index (χ2n) is 5.08. The maximum atomic E-state index is 12.4. The lowest BCUT2D eigenvalue weighted by atomic mass is 10.1. The first-order valence-electron chi connectivity index (χ1n) is 6.51. The number of rotatable bonds is 6. The number of carbonyl (C=O) groups is 1. The van der Waals surface area contributed by atoms with E-state index in [-0.39, 0.29) is 21.4 Å². The van der Waals surface area contributed by atoms with Crippen molar-refractivity contribution in [2.45, 2.75) is 31.2 Å². The molecule has 0 spiro atoms. The number of methoxy groups -OCH3 is 1. The van der Waals surface area contributed by atoms with E-state index in [9.17, 15) is 13.2 Å². The first kappa shape index (κ1) is 18.4. The predicted molar refractivity (Wildman–Crippen MR) is 81.7 cm³/mol. The van der Waals surface area contributed by atoms with Gasteiger partial charge in [0.15, 0.2) is 0 Å². The van der Waals surface area contributed by atoms with Gasteiger partial charge < -0.3 is 4.74 Å². The van der Waals surface area contributed by atoms with Gasteiger partial charge in [-0.3, -0.25) is 4.79 Å². The minimum absolute atomic E-state index is 0.0445. The van der Waals surface area contributed by atoms with Crippen LogP contribution < -0.4 is 4.72 Å². The van der Waals surface area contributed by atoms with E-state index in [0.29, 0.717) is 6.42 Å². The Kier molecular flexibility index (Phi) is 6.35. The van der Waals surface area contributed by atoms with Gasteiger partial charge >= 0.3 is 5.97 Å². The average molecular weight is 345 g/mol. The largest absolute Gasteiger partial charge is 0.468 e. The van der Waals surface area contributed by atoms with Crippen molar-refractivity contribution in [1.29, 1.82) is 5.26 Å². The van der Waals surface area contributed by atoms with E-state index < -0.39 is 22.0 Å². The normalized spacial score (nSPS) is 12.7. The molecule has 1 atom stereocenters. The summed E-state index contributed by atoms with van der Waals surface area (Å²) >= 11 is 5.78. The lowest BCUT2D eigenvalue weighted by Crippen LogP contribution is -2.42. The van der Waals surface area contributed by atoms with Crippen LogP contribution in [0.1, 0.15) is 25.8 Å². The second kappa shape index (κ2) is 7.58. The molecule has 0 aromatic heterocycles. The van der Waals surface area contributed by atoms with Crippen molar-refractivity contribution >= 4 is 27.6 Å². The van der Waals surface area contributed by atoms with E-state index in [0.717, 1.165) is 6.07 Å². The van der Waals surface area contributed by atoms with Gasteiger partial charge in [-0.1, -0.05) is 25.4 Å². The van der Waals surface area contributed by atoms with Crippen molar-refractivity contribution in [2.24, 2.45) is 5.92 Å². The average Bonchev–Trinajstić information content (AvgIpc) is 2.45. The van der Waals surface area contributed by atoms with Crippen LogP contribution in [0.5, 0.6) is 0 Å². The summed E-state index contributed by atoms with van der Waals surface area (Å²) in [6, 6.07) is 4.58. The van der Waals surface area contributed by atoms with Gasteiger partial charge in [-0.05, 0) is 30.5 Å². The van der Waals surface area contributed by atoms with Gasteiger partial charge in [0, 0.05) is 0 Å². The van der Waals surface area contributed by atoms with Crippen LogP contribution in [0.25, 0.3) is 0 Å². The highest BCUT2D eigenvalue weighted by molar-refractivity contribution is 7.89. The second-order valence-corrected chi connectivity index (χ2v) is 7.20. The molecule has 6 nitrogen and oxygen atoms in total. The Balaban J connectivity index is 3.12. The maximum absolute atomic E-state index is 12.4. The summed E-state index contributed by atoms with van der Waals surface area (Å²) in [5.41, 5.74) is 0.0445. The Morgan fingerprint density at radius 1 is 1.45 bits per heavy atom. The number of carbonyl (C=O) groups excluding carboxylic acids is 1. The molecule has 0 fully saturated rings. The molecule has 0 radical (unpaired) electrons. The van der Waals surface area contributed by atoms with Gasteiger partial charge in [0.05, 0.1) is 22.6 Å². The number of esters is 1. The number of benzene rings is 1.